The van der Waals surface area contributed by atoms with E-state index in [2.05, 4.69) is 18.8 Å². The lowest BCUT2D eigenvalue weighted by atomic mass is 10.1. The van der Waals surface area contributed by atoms with Crippen molar-refractivity contribution in [3.05, 3.63) is 35.4 Å². The average Bonchev–Trinajstić information content (AvgIpc) is 2.42. The molecule has 18 heavy (non-hydrogen) atoms. The molecule has 0 aliphatic carbocycles. The zero-order valence-corrected chi connectivity index (χ0v) is 11.2. The van der Waals surface area contributed by atoms with Crippen LogP contribution in [0.1, 0.15) is 36.2 Å². The molecule has 2 N–H and O–H groups in total. The van der Waals surface area contributed by atoms with Crippen LogP contribution in [0.15, 0.2) is 24.3 Å². The van der Waals surface area contributed by atoms with Crippen molar-refractivity contribution in [2.75, 3.05) is 13.6 Å². The lowest BCUT2D eigenvalue weighted by molar-refractivity contribution is 0.0740. The number of nitrogens with zero attached hydrogens (tertiary/aromatic N) is 1. The number of amides is 1. The van der Waals surface area contributed by atoms with Crippen LogP contribution in [0.4, 0.5) is 0 Å². The van der Waals surface area contributed by atoms with Gasteiger partial charge in [0, 0.05) is 24.2 Å². The van der Waals surface area contributed by atoms with Gasteiger partial charge in [0.1, 0.15) is 0 Å². The molecule has 1 unspecified atom stereocenters. The topological polar surface area (TPSA) is 46.3 Å². The van der Waals surface area contributed by atoms with Gasteiger partial charge < -0.3 is 10.6 Å². The third-order valence-corrected chi connectivity index (χ3v) is 3.02. The molecule has 3 nitrogen and oxygen atoms in total. The van der Waals surface area contributed by atoms with E-state index >= 15 is 0 Å². The maximum absolute atomic E-state index is 12.2. The highest BCUT2D eigenvalue weighted by molar-refractivity contribution is 5.94. The van der Waals surface area contributed by atoms with E-state index in [1.54, 1.807) is 4.90 Å². The molecule has 0 radical (unpaired) electrons. The van der Waals surface area contributed by atoms with Crippen molar-refractivity contribution >= 4 is 5.91 Å². The van der Waals surface area contributed by atoms with Gasteiger partial charge in [0.15, 0.2) is 0 Å². The van der Waals surface area contributed by atoms with Gasteiger partial charge in [-0.15, -0.1) is 0 Å². The third kappa shape index (κ3) is 3.61. The molecule has 1 aromatic carbocycles. The lowest BCUT2D eigenvalue weighted by Gasteiger charge is -2.23. The second kappa shape index (κ2) is 6.83. The quantitative estimate of drug-likeness (QED) is 0.825. The SMILES string of the molecule is CCC(C)N(C)C(=O)c1cccc(C#CCN)c1. The third-order valence-electron chi connectivity index (χ3n) is 3.02. The predicted octanol–water partition coefficient (Wildman–Crippen LogP) is 1.87. The summed E-state index contributed by atoms with van der Waals surface area (Å²) in [5.41, 5.74) is 6.82. The highest BCUT2D eigenvalue weighted by Gasteiger charge is 2.15. The van der Waals surface area contributed by atoms with E-state index in [9.17, 15) is 4.79 Å². The van der Waals surface area contributed by atoms with Gasteiger partial charge in [0.2, 0.25) is 0 Å². The van der Waals surface area contributed by atoms with Gasteiger partial charge in [-0.3, -0.25) is 4.79 Å². The standard InChI is InChI=1S/C15H20N2O/c1-4-12(2)17(3)15(18)14-9-5-7-13(11-14)8-6-10-16/h5,7,9,11-12H,4,10,16H2,1-3H3. The molecule has 0 heterocycles. The minimum atomic E-state index is 0.0285. The first kappa shape index (κ1) is 14.3. The van der Waals surface area contributed by atoms with Gasteiger partial charge in [0.25, 0.3) is 5.91 Å². The number of rotatable bonds is 3. The van der Waals surface area contributed by atoms with E-state index in [1.165, 1.54) is 0 Å². The molecular weight excluding hydrogens is 224 g/mol. The first-order chi connectivity index (χ1) is 8.60. The number of hydrogen-bond acceptors (Lipinski definition) is 2. The van der Waals surface area contributed by atoms with E-state index in [0.29, 0.717) is 12.1 Å². The Morgan fingerprint density at radius 2 is 2.22 bits per heavy atom. The van der Waals surface area contributed by atoms with E-state index in [1.807, 2.05) is 38.2 Å². The number of hydrogen-bond donors (Lipinski definition) is 1. The van der Waals surface area contributed by atoms with E-state index in [4.69, 9.17) is 5.73 Å². The normalized spacial score (nSPS) is 11.3. The Labute approximate surface area is 109 Å². The molecule has 0 saturated carbocycles. The predicted molar refractivity (Wildman–Crippen MR) is 74.2 cm³/mol. The monoisotopic (exact) mass is 244 g/mol. The molecule has 0 saturated heterocycles. The lowest BCUT2D eigenvalue weighted by Crippen LogP contribution is -2.34. The van der Waals surface area contributed by atoms with Crippen LogP contribution in [0.3, 0.4) is 0 Å². The fourth-order valence-electron chi connectivity index (χ4n) is 1.56. The summed E-state index contributed by atoms with van der Waals surface area (Å²) in [6, 6.07) is 7.58. The molecule has 0 aromatic heterocycles. The maximum atomic E-state index is 12.2. The van der Waals surface area contributed by atoms with Crippen molar-refractivity contribution in [1.29, 1.82) is 0 Å². The first-order valence-corrected chi connectivity index (χ1v) is 6.16. The minimum absolute atomic E-state index is 0.0285. The van der Waals surface area contributed by atoms with Crippen LogP contribution in [-0.2, 0) is 0 Å². The van der Waals surface area contributed by atoms with Crippen LogP contribution < -0.4 is 5.73 Å². The summed E-state index contributed by atoms with van der Waals surface area (Å²) in [6.07, 6.45) is 0.939. The second-order valence-electron chi connectivity index (χ2n) is 4.26. The molecule has 0 fully saturated rings. The van der Waals surface area contributed by atoms with Gasteiger partial charge in [-0.25, -0.2) is 0 Å². The van der Waals surface area contributed by atoms with Gasteiger partial charge in [-0.1, -0.05) is 24.8 Å². The zero-order valence-electron chi connectivity index (χ0n) is 11.2. The van der Waals surface area contributed by atoms with Crippen molar-refractivity contribution < 1.29 is 4.79 Å². The van der Waals surface area contributed by atoms with Crippen molar-refractivity contribution in [3.8, 4) is 11.8 Å². The van der Waals surface area contributed by atoms with Crippen molar-refractivity contribution in [1.82, 2.24) is 4.90 Å². The van der Waals surface area contributed by atoms with E-state index < -0.39 is 0 Å². The summed E-state index contributed by atoms with van der Waals surface area (Å²) >= 11 is 0. The average molecular weight is 244 g/mol. The van der Waals surface area contributed by atoms with Crippen molar-refractivity contribution in [2.24, 2.45) is 5.73 Å². The summed E-state index contributed by atoms with van der Waals surface area (Å²) in [7, 11) is 1.83. The summed E-state index contributed by atoms with van der Waals surface area (Å²) in [6.45, 7) is 4.43. The van der Waals surface area contributed by atoms with Gasteiger partial charge in [-0.2, -0.15) is 0 Å². The van der Waals surface area contributed by atoms with Crippen molar-refractivity contribution in [2.45, 2.75) is 26.3 Å². The largest absolute Gasteiger partial charge is 0.339 e. The molecule has 0 spiro atoms. The molecule has 0 bridgehead atoms. The van der Waals surface area contributed by atoms with E-state index in [0.717, 1.165) is 12.0 Å². The maximum Gasteiger partial charge on any atom is 0.253 e. The first-order valence-electron chi connectivity index (χ1n) is 6.16. The molecule has 0 aliphatic rings. The highest BCUT2D eigenvalue weighted by atomic mass is 16.2. The molecule has 1 aromatic rings. The van der Waals surface area contributed by atoms with Crippen LogP contribution in [0, 0.1) is 11.8 Å². The van der Waals surface area contributed by atoms with Crippen LogP contribution >= 0.6 is 0 Å². The van der Waals surface area contributed by atoms with Crippen LogP contribution in [-0.4, -0.2) is 30.4 Å². The number of benzene rings is 1. The Bertz CT molecular complexity index is 471. The summed E-state index contributed by atoms with van der Waals surface area (Å²) in [5.74, 6) is 5.75. The summed E-state index contributed by atoms with van der Waals surface area (Å²) in [4.78, 5) is 14.0. The van der Waals surface area contributed by atoms with Gasteiger partial charge >= 0.3 is 0 Å². The number of carbonyl (C=O) groups is 1. The Balaban J connectivity index is 2.93. The van der Waals surface area contributed by atoms with Crippen molar-refractivity contribution in [3.63, 3.8) is 0 Å². The summed E-state index contributed by atoms with van der Waals surface area (Å²) < 4.78 is 0. The Morgan fingerprint density at radius 1 is 1.50 bits per heavy atom. The number of nitrogens with two attached hydrogens (primary N) is 1. The smallest absolute Gasteiger partial charge is 0.253 e. The minimum Gasteiger partial charge on any atom is -0.339 e. The Hall–Kier alpha value is -1.79. The molecule has 0 aliphatic heterocycles. The van der Waals surface area contributed by atoms with Gasteiger partial charge in [-0.05, 0) is 31.5 Å². The molecule has 1 rings (SSSR count). The Morgan fingerprint density at radius 3 is 2.83 bits per heavy atom. The second-order valence-corrected chi connectivity index (χ2v) is 4.26. The van der Waals surface area contributed by atoms with Crippen LogP contribution in [0.25, 0.3) is 0 Å². The number of carbonyl (C=O) groups excluding carboxylic acids is 1. The zero-order chi connectivity index (χ0) is 13.5. The van der Waals surface area contributed by atoms with E-state index in [-0.39, 0.29) is 11.9 Å². The molecule has 3 heteroatoms. The summed E-state index contributed by atoms with van der Waals surface area (Å²) in [5, 5.41) is 0. The molecule has 1 atom stereocenters. The van der Waals surface area contributed by atoms with Crippen LogP contribution in [0.5, 0.6) is 0 Å². The fraction of sp³-hybridized carbons (Fsp3) is 0.400. The van der Waals surface area contributed by atoms with Crippen LogP contribution in [0.2, 0.25) is 0 Å². The molecule has 1 amide bonds. The molecular formula is C15H20N2O. The highest BCUT2D eigenvalue weighted by Crippen LogP contribution is 2.10. The van der Waals surface area contributed by atoms with Gasteiger partial charge in [0.05, 0.1) is 6.54 Å². The fourth-order valence-corrected chi connectivity index (χ4v) is 1.56. The Kier molecular flexibility index (Phi) is 5.41. The molecule has 96 valence electrons.